The Morgan fingerprint density at radius 3 is 2.06 bits per heavy atom. The van der Waals surface area contributed by atoms with Crippen molar-refractivity contribution in [3.63, 3.8) is 0 Å². The average molecular weight is 544 g/mol. The molecule has 0 N–H and O–H groups in total. The normalized spacial score (nSPS) is 27.1. The summed E-state index contributed by atoms with van der Waals surface area (Å²) in [5.74, 6) is -4.66. The van der Waals surface area contributed by atoms with E-state index in [1.165, 1.54) is 12.1 Å². The number of hydrogen-bond acceptors (Lipinski definition) is 2. The lowest BCUT2D eigenvalue weighted by Gasteiger charge is -2.37. The largest absolute Gasteiger partial charge is 0.352 e. The van der Waals surface area contributed by atoms with E-state index < -0.39 is 29.2 Å². The van der Waals surface area contributed by atoms with Gasteiger partial charge in [-0.1, -0.05) is 40.8 Å². The Kier molecular flexibility index (Phi) is 5.85. The second kappa shape index (κ2) is 8.48. The lowest BCUT2D eigenvalue weighted by Crippen LogP contribution is -2.38. The van der Waals surface area contributed by atoms with Crippen molar-refractivity contribution in [2.24, 2.45) is 5.92 Å². The summed E-state index contributed by atoms with van der Waals surface area (Å²) in [6.45, 7) is 0.459. The fourth-order valence-corrected chi connectivity index (χ4v) is 5.53. The topological polar surface area (TPSA) is 18.5 Å². The van der Waals surface area contributed by atoms with Crippen LogP contribution in [0.1, 0.15) is 37.2 Å². The fraction of sp³-hybridized carbons (Fsp3) is 0.417. The number of hydrogen-bond donors (Lipinski definition) is 0. The summed E-state index contributed by atoms with van der Waals surface area (Å²) in [4.78, 5) is 0. The van der Waals surface area contributed by atoms with Gasteiger partial charge < -0.3 is 9.47 Å². The first-order chi connectivity index (χ1) is 14.9. The summed E-state index contributed by atoms with van der Waals surface area (Å²) in [6, 6.07) is 7.00. The zero-order valence-electron chi connectivity index (χ0n) is 16.6. The average Bonchev–Trinajstić information content (AvgIpc) is 2.79. The van der Waals surface area contributed by atoms with E-state index in [0.29, 0.717) is 20.6 Å². The van der Waals surface area contributed by atoms with E-state index in [-0.39, 0.29) is 35.8 Å². The van der Waals surface area contributed by atoms with Gasteiger partial charge in [0.2, 0.25) is 0 Å². The summed E-state index contributed by atoms with van der Waals surface area (Å²) in [6.07, 6.45) is 4.03. The molecule has 0 atom stereocenters. The van der Waals surface area contributed by atoms with Crippen molar-refractivity contribution in [2.75, 3.05) is 13.2 Å². The number of ether oxygens (including phenoxy) is 2. The summed E-state index contributed by atoms with van der Waals surface area (Å²) < 4.78 is 70.9. The third kappa shape index (κ3) is 3.82. The maximum atomic E-state index is 15.1. The van der Waals surface area contributed by atoms with E-state index >= 15 is 8.78 Å². The molecular weight excluding hydrogens is 523 g/mol. The Labute approximate surface area is 191 Å². The van der Waals surface area contributed by atoms with Crippen LogP contribution >= 0.6 is 22.6 Å². The highest BCUT2D eigenvalue weighted by Crippen LogP contribution is 2.38. The van der Waals surface area contributed by atoms with Gasteiger partial charge in [0, 0.05) is 26.5 Å². The predicted molar refractivity (Wildman–Crippen MR) is 119 cm³/mol. The Bertz CT molecular complexity index is 1140. The number of fused-ring (bicyclic) bond motifs is 3. The Morgan fingerprint density at radius 1 is 0.742 bits per heavy atom. The molecule has 1 heterocycles. The van der Waals surface area contributed by atoms with E-state index in [9.17, 15) is 8.78 Å². The molecule has 2 nitrogen and oxygen atoms in total. The summed E-state index contributed by atoms with van der Waals surface area (Å²) >= 11 is 2.47. The molecule has 3 aromatic carbocycles. The predicted octanol–water partition coefficient (Wildman–Crippen LogP) is 7.00. The number of halogens is 5. The zero-order valence-corrected chi connectivity index (χ0v) is 18.8. The van der Waals surface area contributed by atoms with Crippen molar-refractivity contribution in [1.29, 1.82) is 0 Å². The summed E-state index contributed by atoms with van der Waals surface area (Å²) in [5, 5.41) is 0.128. The molecule has 0 amide bonds. The molecule has 0 radical (unpaired) electrons. The van der Waals surface area contributed by atoms with Crippen LogP contribution in [0.15, 0.2) is 30.3 Å². The van der Waals surface area contributed by atoms with Gasteiger partial charge in [-0.15, -0.1) is 0 Å². The van der Waals surface area contributed by atoms with Crippen molar-refractivity contribution in [2.45, 2.75) is 41.8 Å². The van der Waals surface area contributed by atoms with Crippen molar-refractivity contribution in [1.82, 2.24) is 0 Å². The van der Waals surface area contributed by atoms with Crippen LogP contribution in [-0.2, 0) is 9.47 Å². The second-order valence-corrected chi connectivity index (χ2v) is 10.2. The highest BCUT2D eigenvalue weighted by molar-refractivity contribution is 14.1. The van der Waals surface area contributed by atoms with Gasteiger partial charge in [-0.3, -0.25) is 0 Å². The van der Waals surface area contributed by atoms with Crippen molar-refractivity contribution < 1.29 is 27.0 Å². The van der Waals surface area contributed by atoms with E-state index in [0.717, 1.165) is 31.7 Å². The number of rotatable bonds is 2. The molecule has 7 heteroatoms. The molecule has 1 saturated carbocycles. The first kappa shape index (κ1) is 21.4. The molecule has 2 fully saturated rings. The van der Waals surface area contributed by atoms with E-state index in [4.69, 9.17) is 9.47 Å². The third-order valence-corrected chi connectivity index (χ3v) is 7.78. The van der Waals surface area contributed by atoms with Gasteiger partial charge in [-0.2, -0.15) is 0 Å². The molecule has 0 bridgehead atoms. The van der Waals surface area contributed by atoms with Gasteiger partial charge in [-0.25, -0.2) is 17.6 Å². The lowest BCUT2D eigenvalue weighted by atomic mass is 9.88. The van der Waals surface area contributed by atoms with Crippen LogP contribution in [0.3, 0.4) is 0 Å². The number of benzene rings is 3. The molecule has 164 valence electrons. The molecule has 3 aromatic rings. The van der Waals surface area contributed by atoms with Crippen LogP contribution in [0.25, 0.3) is 21.5 Å². The maximum absolute atomic E-state index is 15.1. The van der Waals surface area contributed by atoms with Gasteiger partial charge in [0.25, 0.3) is 0 Å². The maximum Gasteiger partial charge on any atom is 0.167 e. The van der Waals surface area contributed by atoms with E-state index in [1.54, 1.807) is 12.1 Å². The molecule has 0 spiro atoms. The van der Waals surface area contributed by atoms with Gasteiger partial charge in [0.15, 0.2) is 29.6 Å². The standard InChI is InChI=1S/C24H21F4IO2/c25-18-8-5-12-1-2-14-9-17(21(26)23(28)20(14)19(12)22(18)27)15-10-30-24(31-11-15)13-3-6-16(29)7-4-13/h1-2,5,8-9,13,15-16,24H,3-4,6-7,10-11H2. The summed E-state index contributed by atoms with van der Waals surface area (Å²) in [7, 11) is 0. The third-order valence-electron chi connectivity index (χ3n) is 6.53. The van der Waals surface area contributed by atoms with Gasteiger partial charge in [-0.05, 0) is 54.2 Å². The highest BCUT2D eigenvalue weighted by atomic mass is 127. The Hall–Kier alpha value is -1.45. The minimum atomic E-state index is -1.18. The minimum Gasteiger partial charge on any atom is -0.352 e. The van der Waals surface area contributed by atoms with Crippen LogP contribution in [0, 0.1) is 29.2 Å². The molecule has 31 heavy (non-hydrogen) atoms. The highest BCUT2D eigenvalue weighted by Gasteiger charge is 2.34. The van der Waals surface area contributed by atoms with Crippen LogP contribution in [0.5, 0.6) is 0 Å². The minimum absolute atomic E-state index is 0.135. The Morgan fingerprint density at radius 2 is 1.35 bits per heavy atom. The van der Waals surface area contributed by atoms with Crippen molar-refractivity contribution >= 4 is 44.1 Å². The lowest BCUT2D eigenvalue weighted by molar-refractivity contribution is -0.216. The van der Waals surface area contributed by atoms with Crippen LogP contribution in [-0.4, -0.2) is 23.4 Å². The first-order valence-corrected chi connectivity index (χ1v) is 11.7. The molecule has 0 unspecified atom stereocenters. The van der Waals surface area contributed by atoms with Crippen LogP contribution < -0.4 is 0 Å². The molecule has 1 aliphatic carbocycles. The van der Waals surface area contributed by atoms with Gasteiger partial charge in [0.05, 0.1) is 13.2 Å². The zero-order chi connectivity index (χ0) is 21.7. The first-order valence-electron chi connectivity index (χ1n) is 10.5. The molecule has 2 aliphatic rings. The smallest absolute Gasteiger partial charge is 0.167 e. The monoisotopic (exact) mass is 544 g/mol. The Balaban J connectivity index is 1.45. The fourth-order valence-electron chi connectivity index (χ4n) is 4.81. The molecule has 1 saturated heterocycles. The van der Waals surface area contributed by atoms with Crippen LogP contribution in [0.4, 0.5) is 17.6 Å². The van der Waals surface area contributed by atoms with E-state index in [1.807, 2.05) is 0 Å². The van der Waals surface area contributed by atoms with Crippen molar-refractivity contribution in [3.05, 3.63) is 59.2 Å². The second-order valence-electron chi connectivity index (χ2n) is 8.46. The van der Waals surface area contributed by atoms with E-state index in [2.05, 4.69) is 22.6 Å². The quantitative estimate of drug-likeness (QED) is 0.150. The molecule has 5 rings (SSSR count). The van der Waals surface area contributed by atoms with Crippen LogP contribution in [0.2, 0.25) is 0 Å². The van der Waals surface area contributed by atoms with Gasteiger partial charge in [0.1, 0.15) is 0 Å². The molecular formula is C24H21F4IO2. The molecule has 0 aromatic heterocycles. The van der Waals surface area contributed by atoms with Crippen molar-refractivity contribution in [3.8, 4) is 0 Å². The summed E-state index contributed by atoms with van der Waals surface area (Å²) in [5.41, 5.74) is 0.135. The number of alkyl halides is 1. The molecule has 1 aliphatic heterocycles. The van der Waals surface area contributed by atoms with Gasteiger partial charge >= 0.3 is 0 Å². The SMILES string of the molecule is Fc1ccc2ccc3cc(C4COC(C5CCC(I)CC5)OC4)c(F)c(F)c3c2c1F.